The monoisotopic (exact) mass is 589 g/mol. The maximum absolute atomic E-state index is 13.0. The molecular weight excluding hydrogens is 571 g/mol. The van der Waals surface area contributed by atoms with Crippen molar-refractivity contribution in [1.29, 1.82) is 0 Å². The Morgan fingerprint density at radius 1 is 1.32 bits per heavy atom. The van der Waals surface area contributed by atoms with Gasteiger partial charge in [-0.3, -0.25) is 14.5 Å². The molecule has 12 nitrogen and oxygen atoms in total. The molecular formula is C22H19N7O5S4. The maximum Gasteiger partial charge on any atom is 0.352 e. The van der Waals surface area contributed by atoms with Crippen LogP contribution in [0, 0.1) is 0 Å². The van der Waals surface area contributed by atoms with Gasteiger partial charge in [0.05, 0.1) is 0 Å². The molecule has 1 saturated heterocycles. The average Bonchev–Trinajstić information content (AvgIpc) is 3.58. The summed E-state index contributed by atoms with van der Waals surface area (Å²) in [6, 6.07) is 8.63. The van der Waals surface area contributed by atoms with Crippen LogP contribution in [0.25, 0.3) is 11.4 Å². The fourth-order valence-corrected chi connectivity index (χ4v) is 7.47. The molecule has 0 bridgehead atoms. The van der Waals surface area contributed by atoms with Crippen molar-refractivity contribution in [2.24, 2.45) is 5.16 Å². The Kier molecular flexibility index (Phi) is 7.64. The summed E-state index contributed by atoms with van der Waals surface area (Å²) in [5, 5.41) is 17.5. The Bertz CT molecular complexity index is 1450. The molecule has 4 N–H and O–H groups in total. The van der Waals surface area contributed by atoms with Crippen LogP contribution < -0.4 is 11.1 Å². The number of thiazole rings is 1. The molecule has 0 radical (unpaired) electrons. The van der Waals surface area contributed by atoms with Crippen molar-refractivity contribution < 1.29 is 24.3 Å². The minimum atomic E-state index is -1.20. The van der Waals surface area contributed by atoms with Gasteiger partial charge in [-0.25, -0.2) is 14.8 Å². The van der Waals surface area contributed by atoms with E-state index in [4.69, 9.17) is 10.6 Å². The molecule has 1 aromatic carbocycles. The van der Waals surface area contributed by atoms with Gasteiger partial charge in [-0.15, -0.1) is 23.1 Å². The smallest absolute Gasteiger partial charge is 0.352 e. The predicted molar refractivity (Wildman–Crippen MR) is 146 cm³/mol. The second kappa shape index (κ2) is 11.1. The number of anilines is 1. The maximum atomic E-state index is 13.0. The van der Waals surface area contributed by atoms with Gasteiger partial charge < -0.3 is 21.0 Å². The van der Waals surface area contributed by atoms with Crippen molar-refractivity contribution in [1.82, 2.24) is 24.6 Å². The molecule has 2 atom stereocenters. The Morgan fingerprint density at radius 3 is 2.79 bits per heavy atom. The number of carboxylic acid groups (broad SMARTS) is 1. The Labute approximate surface area is 232 Å². The lowest BCUT2D eigenvalue weighted by Gasteiger charge is -2.49. The minimum absolute atomic E-state index is 0.0670. The van der Waals surface area contributed by atoms with Crippen molar-refractivity contribution in [2.45, 2.75) is 15.8 Å². The number of nitrogens with zero attached hydrogens (tertiary/aromatic N) is 5. The quantitative estimate of drug-likeness (QED) is 0.144. The first-order chi connectivity index (χ1) is 18.4. The largest absolute Gasteiger partial charge is 0.477 e. The fraction of sp³-hybridized carbons (Fsp3) is 0.227. The number of rotatable bonds is 9. The van der Waals surface area contributed by atoms with E-state index >= 15 is 0 Å². The van der Waals surface area contributed by atoms with Gasteiger partial charge in [0, 0.05) is 22.4 Å². The summed E-state index contributed by atoms with van der Waals surface area (Å²) < 4.78 is 5.08. The van der Waals surface area contributed by atoms with E-state index in [0.717, 1.165) is 16.9 Å². The average molecular weight is 590 g/mol. The van der Waals surface area contributed by atoms with Gasteiger partial charge in [0.2, 0.25) is 0 Å². The van der Waals surface area contributed by atoms with Gasteiger partial charge in [0.1, 0.15) is 29.9 Å². The molecule has 0 saturated carbocycles. The molecule has 4 heterocycles. The molecule has 3 aromatic rings. The van der Waals surface area contributed by atoms with E-state index in [2.05, 4.69) is 24.8 Å². The number of β-lactam (4-membered cyclic amide) rings is 1. The number of thioether (sulfide) groups is 2. The summed E-state index contributed by atoms with van der Waals surface area (Å²) in [6.07, 6.45) is 0. The van der Waals surface area contributed by atoms with E-state index in [1.165, 1.54) is 47.1 Å². The van der Waals surface area contributed by atoms with Crippen LogP contribution in [0.1, 0.15) is 5.69 Å². The van der Waals surface area contributed by atoms with E-state index in [0.29, 0.717) is 27.2 Å². The lowest BCUT2D eigenvalue weighted by Crippen LogP contribution is -2.71. The van der Waals surface area contributed by atoms with Crippen LogP contribution >= 0.6 is 46.4 Å². The second-order valence-corrected chi connectivity index (χ2v) is 11.8. The van der Waals surface area contributed by atoms with Crippen LogP contribution in [-0.4, -0.2) is 77.9 Å². The first-order valence-corrected chi connectivity index (χ1v) is 14.6. The highest BCUT2D eigenvalue weighted by atomic mass is 32.2. The van der Waals surface area contributed by atoms with Crippen LogP contribution in [-0.2, 0) is 19.2 Å². The van der Waals surface area contributed by atoms with Crippen molar-refractivity contribution in [2.75, 3.05) is 24.3 Å². The van der Waals surface area contributed by atoms with Gasteiger partial charge in [0.15, 0.2) is 21.0 Å². The zero-order valence-corrected chi connectivity index (χ0v) is 22.8. The summed E-state index contributed by atoms with van der Waals surface area (Å²) in [5.74, 6) is -1.08. The normalized spacial score (nSPS) is 19.1. The van der Waals surface area contributed by atoms with Crippen molar-refractivity contribution in [3.05, 3.63) is 52.7 Å². The predicted octanol–water partition coefficient (Wildman–Crippen LogP) is 2.13. The van der Waals surface area contributed by atoms with Gasteiger partial charge in [0.25, 0.3) is 11.8 Å². The third kappa shape index (κ3) is 5.11. The number of carbonyl (C=O) groups is 3. The van der Waals surface area contributed by atoms with Crippen LogP contribution in [0.3, 0.4) is 0 Å². The van der Waals surface area contributed by atoms with E-state index in [9.17, 15) is 19.5 Å². The molecule has 38 heavy (non-hydrogen) atoms. The number of nitrogens with two attached hydrogens (primary N) is 1. The zero-order valence-electron chi connectivity index (χ0n) is 19.6. The highest BCUT2D eigenvalue weighted by molar-refractivity contribution is 8.01. The van der Waals surface area contributed by atoms with E-state index in [1.54, 1.807) is 5.38 Å². The van der Waals surface area contributed by atoms with Crippen LogP contribution in [0.15, 0.2) is 56.5 Å². The van der Waals surface area contributed by atoms with Gasteiger partial charge in [-0.05, 0) is 17.1 Å². The first-order valence-electron chi connectivity index (χ1n) is 10.9. The summed E-state index contributed by atoms with van der Waals surface area (Å²) in [6.45, 7) is 0. The highest BCUT2D eigenvalue weighted by Crippen LogP contribution is 2.42. The number of nitrogens with one attached hydrogen (secondary N) is 1. The molecule has 2 amide bonds. The number of oxime groups is 1. The number of hydrogen-bond acceptors (Lipinski definition) is 13. The van der Waals surface area contributed by atoms with Gasteiger partial charge in [-0.1, -0.05) is 47.2 Å². The molecule has 1 fully saturated rings. The van der Waals surface area contributed by atoms with Crippen molar-refractivity contribution in [3.63, 3.8) is 0 Å². The fourth-order valence-electron chi connectivity index (χ4n) is 3.82. The number of nitrogen functional groups attached to an aromatic ring is 1. The Balaban J connectivity index is 1.28. The topological polar surface area (TPSA) is 173 Å². The van der Waals surface area contributed by atoms with E-state index in [-0.39, 0.29) is 22.2 Å². The van der Waals surface area contributed by atoms with Crippen molar-refractivity contribution in [3.8, 4) is 11.4 Å². The summed E-state index contributed by atoms with van der Waals surface area (Å²) in [5.41, 5.74) is 7.16. The molecule has 0 aliphatic carbocycles. The molecule has 2 aliphatic rings. The van der Waals surface area contributed by atoms with E-state index < -0.39 is 29.2 Å². The molecule has 0 unspecified atom stereocenters. The molecule has 0 spiro atoms. The Morgan fingerprint density at radius 2 is 2.11 bits per heavy atom. The van der Waals surface area contributed by atoms with Gasteiger partial charge in [-0.2, -0.15) is 4.37 Å². The SMILES string of the molecule is CON=C(C(=O)N[C@@H]1C(=O)N2C(C(=O)O)=C(CSc3nc(-c4ccccc4)ns3)CS[C@@H]12)c1csc(N)n1. The molecule has 2 aromatic heterocycles. The number of fused-ring (bicyclic) bond motifs is 1. The van der Waals surface area contributed by atoms with Crippen molar-refractivity contribution >= 4 is 75.0 Å². The number of benzene rings is 1. The molecule has 5 rings (SSSR count). The first kappa shape index (κ1) is 26.1. The van der Waals surface area contributed by atoms with Crippen LogP contribution in [0.2, 0.25) is 0 Å². The number of aliphatic carboxylic acids is 1. The number of hydrogen-bond donors (Lipinski definition) is 3. The third-order valence-corrected chi connectivity index (χ3v) is 9.44. The summed E-state index contributed by atoms with van der Waals surface area (Å²) >= 11 is 5.11. The lowest BCUT2D eigenvalue weighted by molar-refractivity contribution is -0.150. The zero-order chi connectivity index (χ0) is 26.8. The van der Waals surface area contributed by atoms with Gasteiger partial charge >= 0.3 is 5.97 Å². The number of carboxylic acids is 1. The number of carbonyl (C=O) groups excluding carboxylic acids is 2. The standard InChI is InChI=1S/C22H19N7O5S4/c1-34-27-13(12-9-36-21(23)24-12)17(30)25-14-18(31)29-15(20(32)33)11(7-35-19(14)29)8-37-22-26-16(28-38-22)10-5-3-2-4-6-10/h2-6,9,14,19H,7-8H2,1H3,(H2,23,24)(H,25,30)(H,32,33)/t14-,19+/m1/s1. The second-order valence-electron chi connectivity index (χ2n) is 7.85. The molecule has 16 heteroatoms. The summed E-state index contributed by atoms with van der Waals surface area (Å²) in [7, 11) is 1.28. The molecule has 196 valence electrons. The summed E-state index contributed by atoms with van der Waals surface area (Å²) in [4.78, 5) is 52.6. The highest BCUT2D eigenvalue weighted by Gasteiger charge is 2.54. The Hall–Kier alpha value is -3.47. The lowest BCUT2D eigenvalue weighted by atomic mass is 10.0. The van der Waals surface area contributed by atoms with E-state index in [1.807, 2.05) is 30.3 Å². The number of amides is 2. The number of aromatic nitrogens is 3. The minimum Gasteiger partial charge on any atom is -0.477 e. The van der Waals surface area contributed by atoms with Crippen LogP contribution in [0.5, 0.6) is 0 Å². The van der Waals surface area contributed by atoms with Crippen LogP contribution in [0.4, 0.5) is 5.13 Å². The molecule has 2 aliphatic heterocycles. The third-order valence-electron chi connectivity index (χ3n) is 5.51.